The molecule has 1 atom stereocenters. The van der Waals surface area contributed by atoms with Crippen LogP contribution in [0.15, 0.2) is 34.7 Å². The number of carbonyl (C=O) groups is 1. The first-order valence-electron chi connectivity index (χ1n) is 8.71. The Bertz CT molecular complexity index is 633. The van der Waals surface area contributed by atoms with Gasteiger partial charge in [0.25, 0.3) is 0 Å². The van der Waals surface area contributed by atoms with E-state index in [0.717, 1.165) is 41.7 Å². The van der Waals surface area contributed by atoms with Gasteiger partial charge in [-0.2, -0.15) is 0 Å². The zero-order valence-electron chi connectivity index (χ0n) is 14.8. The Labute approximate surface area is 158 Å². The van der Waals surface area contributed by atoms with Gasteiger partial charge in [0.1, 0.15) is 0 Å². The van der Waals surface area contributed by atoms with Crippen molar-refractivity contribution in [2.24, 2.45) is 0 Å². The number of amides is 1. The van der Waals surface area contributed by atoms with Gasteiger partial charge in [0.2, 0.25) is 11.0 Å². The topological polar surface area (TPSA) is 66.9 Å². The number of thioether (sulfide) groups is 1. The third kappa shape index (κ3) is 7.88. The molecule has 0 radical (unpaired) electrons. The molecule has 1 unspecified atom stereocenters. The van der Waals surface area contributed by atoms with Gasteiger partial charge in [0.05, 0.1) is 5.75 Å². The molecular weight excluding hydrogens is 352 g/mol. The van der Waals surface area contributed by atoms with Crippen LogP contribution in [0.2, 0.25) is 0 Å². The number of hydrogen-bond acceptors (Lipinski definition) is 6. The van der Waals surface area contributed by atoms with Crippen LogP contribution < -0.4 is 10.6 Å². The molecular formula is C18H26N4OS2. The minimum Gasteiger partial charge on any atom is -0.360 e. The Kier molecular flexibility index (Phi) is 8.76. The van der Waals surface area contributed by atoms with E-state index in [4.69, 9.17) is 0 Å². The predicted octanol–water partition coefficient (Wildman–Crippen LogP) is 3.98. The van der Waals surface area contributed by atoms with Gasteiger partial charge in [0, 0.05) is 12.6 Å². The average Bonchev–Trinajstić information content (AvgIpc) is 3.07. The highest BCUT2D eigenvalue weighted by Gasteiger charge is 2.10. The number of anilines is 1. The van der Waals surface area contributed by atoms with Crippen molar-refractivity contribution < 1.29 is 4.79 Å². The monoisotopic (exact) mass is 378 g/mol. The standard InChI is InChI=1S/C18H26N4OS2/c1-3-4-12-19-17-21-22-18(25-17)24-13-16(23)20-14(2)10-11-15-8-6-5-7-9-15/h5-9,14H,3-4,10-13H2,1-2H3,(H,19,21)(H,20,23). The van der Waals surface area contributed by atoms with Crippen molar-refractivity contribution >= 4 is 34.1 Å². The number of aromatic nitrogens is 2. The summed E-state index contributed by atoms with van der Waals surface area (Å²) in [6.45, 7) is 5.12. The van der Waals surface area contributed by atoms with E-state index in [2.05, 4.69) is 39.9 Å². The number of hydrogen-bond donors (Lipinski definition) is 2. The van der Waals surface area contributed by atoms with Crippen LogP contribution in [0, 0.1) is 0 Å². The van der Waals surface area contributed by atoms with Gasteiger partial charge in [-0.05, 0) is 31.7 Å². The molecule has 1 heterocycles. The highest BCUT2D eigenvalue weighted by Crippen LogP contribution is 2.25. The second kappa shape index (κ2) is 11.1. The van der Waals surface area contributed by atoms with Crippen molar-refractivity contribution in [2.45, 2.75) is 49.9 Å². The summed E-state index contributed by atoms with van der Waals surface area (Å²) < 4.78 is 0.825. The van der Waals surface area contributed by atoms with Gasteiger partial charge in [-0.25, -0.2) is 0 Å². The fourth-order valence-corrected chi connectivity index (χ4v) is 3.84. The second-order valence-electron chi connectivity index (χ2n) is 5.93. The van der Waals surface area contributed by atoms with Crippen molar-refractivity contribution in [3.05, 3.63) is 35.9 Å². The third-order valence-corrected chi connectivity index (χ3v) is 5.67. The van der Waals surface area contributed by atoms with Gasteiger partial charge in [-0.15, -0.1) is 10.2 Å². The van der Waals surface area contributed by atoms with Crippen LogP contribution in [-0.4, -0.2) is 34.4 Å². The van der Waals surface area contributed by atoms with Crippen LogP contribution >= 0.6 is 23.1 Å². The maximum atomic E-state index is 12.1. The Morgan fingerprint density at radius 3 is 2.84 bits per heavy atom. The normalized spacial score (nSPS) is 11.9. The lowest BCUT2D eigenvalue weighted by Gasteiger charge is -2.13. The molecule has 1 aromatic carbocycles. The molecule has 0 bridgehead atoms. The van der Waals surface area contributed by atoms with E-state index in [1.54, 1.807) is 0 Å². The molecule has 136 valence electrons. The molecule has 7 heteroatoms. The maximum Gasteiger partial charge on any atom is 0.230 e. The van der Waals surface area contributed by atoms with Crippen LogP contribution in [0.5, 0.6) is 0 Å². The largest absolute Gasteiger partial charge is 0.360 e. The van der Waals surface area contributed by atoms with Crippen LogP contribution in [0.3, 0.4) is 0 Å². The summed E-state index contributed by atoms with van der Waals surface area (Å²) >= 11 is 2.94. The van der Waals surface area contributed by atoms with Gasteiger partial charge < -0.3 is 10.6 Å². The molecule has 0 saturated heterocycles. The van der Waals surface area contributed by atoms with E-state index in [-0.39, 0.29) is 11.9 Å². The van der Waals surface area contributed by atoms with E-state index >= 15 is 0 Å². The van der Waals surface area contributed by atoms with E-state index in [9.17, 15) is 4.79 Å². The molecule has 2 N–H and O–H groups in total. The molecule has 2 aromatic rings. The minimum atomic E-state index is 0.0428. The summed E-state index contributed by atoms with van der Waals surface area (Å²) in [4.78, 5) is 12.1. The number of carbonyl (C=O) groups excluding carboxylic acids is 1. The van der Waals surface area contributed by atoms with Crippen molar-refractivity contribution in [3.63, 3.8) is 0 Å². The summed E-state index contributed by atoms with van der Waals surface area (Å²) in [6.07, 6.45) is 4.17. The zero-order chi connectivity index (χ0) is 17.9. The first-order chi connectivity index (χ1) is 12.2. The fraction of sp³-hybridized carbons (Fsp3) is 0.500. The molecule has 25 heavy (non-hydrogen) atoms. The minimum absolute atomic E-state index is 0.0428. The number of aryl methyl sites for hydroxylation is 1. The average molecular weight is 379 g/mol. The summed E-state index contributed by atoms with van der Waals surface area (Å²) in [5.74, 6) is 0.417. The molecule has 0 spiro atoms. The predicted molar refractivity (Wildman–Crippen MR) is 106 cm³/mol. The lowest BCUT2D eigenvalue weighted by molar-refractivity contribution is -0.119. The van der Waals surface area contributed by atoms with E-state index < -0.39 is 0 Å². The Morgan fingerprint density at radius 1 is 1.28 bits per heavy atom. The van der Waals surface area contributed by atoms with E-state index in [0.29, 0.717) is 5.75 Å². The molecule has 0 aliphatic heterocycles. The van der Waals surface area contributed by atoms with Gasteiger partial charge in [-0.3, -0.25) is 4.79 Å². The molecule has 0 fully saturated rings. The van der Waals surface area contributed by atoms with Gasteiger partial charge in [0.15, 0.2) is 4.34 Å². The lowest BCUT2D eigenvalue weighted by atomic mass is 10.1. The zero-order valence-corrected chi connectivity index (χ0v) is 16.5. The first kappa shape index (κ1) is 19.7. The highest BCUT2D eigenvalue weighted by molar-refractivity contribution is 8.01. The molecule has 5 nitrogen and oxygen atoms in total. The Hall–Kier alpha value is -1.60. The first-order valence-corrected chi connectivity index (χ1v) is 10.5. The Balaban J connectivity index is 1.64. The molecule has 0 aliphatic rings. The van der Waals surface area contributed by atoms with Gasteiger partial charge in [-0.1, -0.05) is 66.8 Å². The third-order valence-electron chi connectivity index (χ3n) is 3.66. The smallest absolute Gasteiger partial charge is 0.230 e. The Morgan fingerprint density at radius 2 is 2.08 bits per heavy atom. The molecule has 2 rings (SSSR count). The highest BCUT2D eigenvalue weighted by atomic mass is 32.2. The molecule has 1 aromatic heterocycles. The second-order valence-corrected chi connectivity index (χ2v) is 8.13. The van der Waals surface area contributed by atoms with Crippen molar-refractivity contribution in [3.8, 4) is 0 Å². The summed E-state index contributed by atoms with van der Waals surface area (Å²) in [7, 11) is 0. The molecule has 0 saturated carbocycles. The number of benzene rings is 1. The lowest BCUT2D eigenvalue weighted by Crippen LogP contribution is -2.34. The van der Waals surface area contributed by atoms with Crippen molar-refractivity contribution in [1.82, 2.24) is 15.5 Å². The summed E-state index contributed by atoms with van der Waals surface area (Å²) in [5, 5.41) is 15.3. The quantitative estimate of drug-likeness (QED) is 0.457. The van der Waals surface area contributed by atoms with Crippen LogP contribution in [0.25, 0.3) is 0 Å². The van der Waals surface area contributed by atoms with Crippen LogP contribution in [0.4, 0.5) is 5.13 Å². The molecule has 1 amide bonds. The SMILES string of the molecule is CCCCNc1nnc(SCC(=O)NC(C)CCc2ccccc2)s1. The van der Waals surface area contributed by atoms with Crippen molar-refractivity contribution in [2.75, 3.05) is 17.6 Å². The van der Waals surface area contributed by atoms with E-state index in [1.807, 2.05) is 25.1 Å². The number of rotatable bonds is 11. The van der Waals surface area contributed by atoms with Crippen LogP contribution in [-0.2, 0) is 11.2 Å². The van der Waals surface area contributed by atoms with Gasteiger partial charge >= 0.3 is 0 Å². The number of nitrogens with one attached hydrogen (secondary N) is 2. The fourth-order valence-electron chi connectivity index (χ4n) is 2.26. The summed E-state index contributed by atoms with van der Waals surface area (Å²) in [5.41, 5.74) is 1.30. The van der Waals surface area contributed by atoms with Crippen LogP contribution in [0.1, 0.15) is 38.7 Å². The van der Waals surface area contributed by atoms with E-state index in [1.165, 1.54) is 28.7 Å². The maximum absolute atomic E-state index is 12.1. The van der Waals surface area contributed by atoms with Crippen molar-refractivity contribution in [1.29, 1.82) is 0 Å². The number of unbranched alkanes of at least 4 members (excludes halogenated alkanes) is 1. The molecule has 0 aliphatic carbocycles. The number of nitrogens with zero attached hydrogens (tertiary/aromatic N) is 2. The summed E-state index contributed by atoms with van der Waals surface area (Å²) in [6, 6.07) is 10.5.